The molecule has 0 unspecified atom stereocenters. The highest BCUT2D eigenvalue weighted by Crippen LogP contribution is 2.34. The van der Waals surface area contributed by atoms with E-state index in [2.05, 4.69) is 0 Å². The summed E-state index contributed by atoms with van der Waals surface area (Å²) in [7, 11) is 0. The average molecular weight is 256 g/mol. The van der Waals surface area contributed by atoms with Gasteiger partial charge in [0.2, 0.25) is 0 Å². The van der Waals surface area contributed by atoms with Crippen molar-refractivity contribution in [3.05, 3.63) is 42.0 Å². The monoisotopic (exact) mass is 256 g/mol. The Kier molecular flexibility index (Phi) is 3.99. The molecule has 0 fully saturated rings. The maximum Gasteiger partial charge on any atom is 0.454 e. The quantitative estimate of drug-likeness (QED) is 0.723. The number of hydrogen-bond donors (Lipinski definition) is 0. The molecule has 0 radical (unpaired) electrons. The van der Waals surface area contributed by atoms with Crippen LogP contribution in [0.25, 0.3) is 5.57 Å². The Bertz CT molecular complexity index is 450. The summed E-state index contributed by atoms with van der Waals surface area (Å²) in [6.45, 7) is 5.32. The van der Waals surface area contributed by atoms with Crippen LogP contribution in [0, 0.1) is 5.41 Å². The van der Waals surface area contributed by atoms with Gasteiger partial charge in [-0.15, -0.1) is 0 Å². The number of halogens is 3. The molecule has 0 bridgehead atoms. The van der Waals surface area contributed by atoms with Gasteiger partial charge in [0.15, 0.2) is 0 Å². The molecule has 98 valence electrons. The molecule has 1 aromatic carbocycles. The van der Waals surface area contributed by atoms with Crippen molar-refractivity contribution in [1.82, 2.24) is 0 Å². The topological polar surface area (TPSA) is 17.1 Å². The molecule has 0 heterocycles. The van der Waals surface area contributed by atoms with Gasteiger partial charge >= 0.3 is 6.18 Å². The predicted octanol–water partition coefficient (Wildman–Crippen LogP) is 4.25. The maximum absolute atomic E-state index is 12.3. The van der Waals surface area contributed by atoms with E-state index in [1.807, 2.05) is 0 Å². The fraction of sp³-hybridized carbons (Fsp3) is 0.357. The molecule has 0 aliphatic heterocycles. The van der Waals surface area contributed by atoms with Crippen LogP contribution in [-0.4, -0.2) is 12.0 Å². The SMILES string of the molecule is CC(C)(C)/C(=C/C(=O)C(F)(F)F)c1ccccc1. The van der Waals surface area contributed by atoms with E-state index in [9.17, 15) is 18.0 Å². The van der Waals surface area contributed by atoms with Crippen LogP contribution in [0.1, 0.15) is 26.3 Å². The van der Waals surface area contributed by atoms with Crippen LogP contribution in [0.3, 0.4) is 0 Å². The lowest BCUT2D eigenvalue weighted by Crippen LogP contribution is -2.22. The lowest BCUT2D eigenvalue weighted by molar-refractivity contribution is -0.165. The van der Waals surface area contributed by atoms with Crippen LogP contribution in [-0.2, 0) is 4.79 Å². The van der Waals surface area contributed by atoms with Crippen LogP contribution in [0.15, 0.2) is 36.4 Å². The molecular weight excluding hydrogens is 241 g/mol. The van der Waals surface area contributed by atoms with Crippen molar-refractivity contribution in [1.29, 1.82) is 0 Å². The molecule has 0 atom stereocenters. The van der Waals surface area contributed by atoms with Gasteiger partial charge in [-0.2, -0.15) is 13.2 Å². The highest BCUT2D eigenvalue weighted by atomic mass is 19.4. The normalized spacial score (nSPS) is 13.6. The van der Waals surface area contributed by atoms with Gasteiger partial charge in [0.25, 0.3) is 5.78 Å². The van der Waals surface area contributed by atoms with E-state index < -0.39 is 17.4 Å². The molecule has 0 amide bonds. The van der Waals surface area contributed by atoms with Gasteiger partial charge in [-0.1, -0.05) is 51.1 Å². The number of allylic oxidation sites excluding steroid dienone is 2. The molecule has 0 saturated carbocycles. The van der Waals surface area contributed by atoms with E-state index in [-0.39, 0.29) is 0 Å². The lowest BCUT2D eigenvalue weighted by atomic mass is 9.81. The van der Waals surface area contributed by atoms with E-state index >= 15 is 0 Å². The number of carbonyl (C=O) groups excluding carboxylic acids is 1. The van der Waals surface area contributed by atoms with E-state index in [1.165, 1.54) is 0 Å². The summed E-state index contributed by atoms with van der Waals surface area (Å²) in [5.74, 6) is -1.82. The van der Waals surface area contributed by atoms with Crippen molar-refractivity contribution in [2.45, 2.75) is 26.9 Å². The van der Waals surface area contributed by atoms with Gasteiger partial charge in [0, 0.05) is 0 Å². The minimum atomic E-state index is -4.83. The second-order valence-electron chi connectivity index (χ2n) is 5.04. The zero-order valence-electron chi connectivity index (χ0n) is 10.5. The number of ketones is 1. The van der Waals surface area contributed by atoms with Crippen molar-refractivity contribution in [3.63, 3.8) is 0 Å². The zero-order valence-corrected chi connectivity index (χ0v) is 10.5. The zero-order chi connectivity index (χ0) is 14.0. The Labute approximate surface area is 104 Å². The number of carbonyl (C=O) groups is 1. The number of alkyl halides is 3. The van der Waals surface area contributed by atoms with Crippen molar-refractivity contribution in [2.24, 2.45) is 5.41 Å². The molecule has 0 N–H and O–H groups in total. The molecule has 4 heteroatoms. The molecule has 1 rings (SSSR count). The average Bonchev–Trinajstić information content (AvgIpc) is 2.23. The van der Waals surface area contributed by atoms with Crippen molar-refractivity contribution in [3.8, 4) is 0 Å². The summed E-state index contributed by atoms with van der Waals surface area (Å²) in [5.41, 5.74) is 0.468. The first kappa shape index (κ1) is 14.5. The van der Waals surface area contributed by atoms with Gasteiger partial charge in [0.1, 0.15) is 0 Å². The first-order chi connectivity index (χ1) is 8.12. The van der Waals surface area contributed by atoms with Crippen LogP contribution in [0.2, 0.25) is 0 Å². The van der Waals surface area contributed by atoms with Crippen molar-refractivity contribution in [2.75, 3.05) is 0 Å². The number of rotatable bonds is 2. The van der Waals surface area contributed by atoms with Gasteiger partial charge in [0.05, 0.1) is 0 Å². The van der Waals surface area contributed by atoms with E-state index in [0.29, 0.717) is 17.2 Å². The van der Waals surface area contributed by atoms with Crippen LogP contribution < -0.4 is 0 Å². The van der Waals surface area contributed by atoms with Gasteiger partial charge < -0.3 is 0 Å². The third kappa shape index (κ3) is 3.72. The molecule has 1 nitrogen and oxygen atoms in total. The molecular formula is C14H15F3O. The summed E-state index contributed by atoms with van der Waals surface area (Å²) in [6, 6.07) is 8.62. The van der Waals surface area contributed by atoms with E-state index in [4.69, 9.17) is 0 Å². The second kappa shape index (κ2) is 4.96. The third-order valence-corrected chi connectivity index (χ3v) is 2.45. The van der Waals surface area contributed by atoms with Gasteiger partial charge in [-0.25, -0.2) is 0 Å². The first-order valence-corrected chi connectivity index (χ1v) is 5.51. The Morgan fingerprint density at radius 3 is 1.94 bits per heavy atom. The highest BCUT2D eigenvalue weighted by molar-refractivity contribution is 6.01. The Hall–Kier alpha value is -1.58. The molecule has 1 aromatic rings. The van der Waals surface area contributed by atoms with Gasteiger partial charge in [-0.05, 0) is 22.6 Å². The molecule has 0 aliphatic rings. The smallest absolute Gasteiger partial charge is 0.285 e. The standard InChI is InChI=1S/C14H15F3O/c1-13(2,3)11(9-12(18)14(15,16)17)10-7-5-4-6-8-10/h4-9H,1-3H3/b11-9+. The van der Waals surface area contributed by atoms with E-state index in [1.54, 1.807) is 51.1 Å². The molecule has 0 aliphatic carbocycles. The molecule has 0 spiro atoms. The molecule has 0 saturated heterocycles. The second-order valence-corrected chi connectivity index (χ2v) is 5.04. The summed E-state index contributed by atoms with van der Waals surface area (Å²) >= 11 is 0. The minimum absolute atomic E-state index is 0.380. The summed E-state index contributed by atoms with van der Waals surface area (Å²) in [5, 5.41) is 0. The summed E-state index contributed by atoms with van der Waals surface area (Å²) in [6.07, 6.45) is -4.14. The fourth-order valence-corrected chi connectivity index (χ4v) is 1.56. The summed E-state index contributed by atoms with van der Waals surface area (Å²) < 4.78 is 37.0. The maximum atomic E-state index is 12.3. The van der Waals surface area contributed by atoms with Crippen molar-refractivity contribution >= 4 is 11.4 Å². The van der Waals surface area contributed by atoms with Gasteiger partial charge in [-0.3, -0.25) is 4.79 Å². The fourth-order valence-electron chi connectivity index (χ4n) is 1.56. The minimum Gasteiger partial charge on any atom is -0.285 e. The Morgan fingerprint density at radius 2 is 1.56 bits per heavy atom. The molecule has 0 aromatic heterocycles. The van der Waals surface area contributed by atoms with Crippen LogP contribution >= 0.6 is 0 Å². The largest absolute Gasteiger partial charge is 0.454 e. The molecule has 18 heavy (non-hydrogen) atoms. The number of hydrogen-bond acceptors (Lipinski definition) is 1. The number of benzene rings is 1. The van der Waals surface area contributed by atoms with E-state index in [0.717, 1.165) is 0 Å². The highest BCUT2D eigenvalue weighted by Gasteiger charge is 2.37. The Balaban J connectivity index is 3.25. The third-order valence-electron chi connectivity index (χ3n) is 2.45. The Morgan fingerprint density at radius 1 is 1.06 bits per heavy atom. The van der Waals surface area contributed by atoms with Crippen LogP contribution in [0.5, 0.6) is 0 Å². The predicted molar refractivity (Wildman–Crippen MR) is 64.9 cm³/mol. The van der Waals surface area contributed by atoms with Crippen molar-refractivity contribution < 1.29 is 18.0 Å². The lowest BCUT2D eigenvalue weighted by Gasteiger charge is -2.23. The summed E-state index contributed by atoms with van der Waals surface area (Å²) in [4.78, 5) is 11.1. The van der Waals surface area contributed by atoms with Crippen LogP contribution in [0.4, 0.5) is 13.2 Å². The first-order valence-electron chi connectivity index (χ1n) is 5.51.